The summed E-state index contributed by atoms with van der Waals surface area (Å²) >= 11 is 2.89. The van der Waals surface area contributed by atoms with Crippen LogP contribution in [0.25, 0.3) is 0 Å². The highest BCUT2D eigenvalue weighted by atomic mass is 79.9. The molecule has 0 radical (unpaired) electrons. The zero-order valence-corrected chi connectivity index (χ0v) is 17.4. The zero-order chi connectivity index (χ0) is 23.8. The van der Waals surface area contributed by atoms with E-state index in [9.17, 15) is 35.1 Å². The molecule has 3 aromatic rings. The van der Waals surface area contributed by atoms with E-state index in [1.54, 1.807) is 6.07 Å². The highest BCUT2D eigenvalue weighted by Gasteiger charge is 2.81. The Morgan fingerprint density at radius 1 is 0.562 bits per heavy atom. The number of para-hydroxylation sites is 2. The molecule has 0 aliphatic carbocycles. The standard InChI is InChI=1S/C22H13BrF8O/c23-15-12-10-14(11-13-15)19(24,25)21(28,29)22(30,31)20(26,27)17-8-4-5-9-18(17)32-16-6-2-1-3-7-16/h1-13H. The van der Waals surface area contributed by atoms with Crippen molar-refractivity contribution in [3.05, 3.63) is 94.5 Å². The Kier molecular flexibility index (Phi) is 6.29. The molecule has 1 nitrogen and oxygen atoms in total. The molecule has 0 bridgehead atoms. The molecule has 32 heavy (non-hydrogen) atoms. The molecule has 3 aromatic carbocycles. The lowest BCUT2D eigenvalue weighted by molar-refractivity contribution is -0.374. The minimum absolute atomic E-state index is 0.0500. The number of halogens is 9. The number of hydrogen-bond donors (Lipinski definition) is 0. The summed E-state index contributed by atoms with van der Waals surface area (Å²) in [7, 11) is 0. The Bertz CT molecular complexity index is 1070. The molecule has 0 heterocycles. The van der Waals surface area contributed by atoms with Gasteiger partial charge in [0.25, 0.3) is 0 Å². The Hall–Kier alpha value is -2.62. The minimum Gasteiger partial charge on any atom is -0.457 e. The molecule has 0 N–H and O–H groups in total. The van der Waals surface area contributed by atoms with Gasteiger partial charge in [-0.2, -0.15) is 35.1 Å². The quantitative estimate of drug-likeness (QED) is 0.282. The summed E-state index contributed by atoms with van der Waals surface area (Å²) < 4.78 is 122. The van der Waals surface area contributed by atoms with Crippen LogP contribution in [0.5, 0.6) is 11.5 Å². The fourth-order valence-electron chi connectivity index (χ4n) is 2.83. The molecule has 10 heteroatoms. The lowest BCUT2D eigenvalue weighted by Crippen LogP contribution is -2.59. The van der Waals surface area contributed by atoms with Gasteiger partial charge in [0.1, 0.15) is 11.5 Å². The average Bonchev–Trinajstić information content (AvgIpc) is 2.74. The maximum atomic E-state index is 14.9. The molecule has 0 atom stereocenters. The summed E-state index contributed by atoms with van der Waals surface area (Å²) in [6, 6.07) is 13.1. The first kappa shape index (κ1) is 24.0. The largest absolute Gasteiger partial charge is 0.457 e. The second kappa shape index (κ2) is 8.38. The highest BCUT2D eigenvalue weighted by molar-refractivity contribution is 9.10. The summed E-state index contributed by atoms with van der Waals surface area (Å²) in [5.74, 6) is -25.2. The van der Waals surface area contributed by atoms with Crippen LogP contribution < -0.4 is 4.74 Å². The van der Waals surface area contributed by atoms with Gasteiger partial charge in [-0.15, -0.1) is 0 Å². The number of rotatable bonds is 7. The van der Waals surface area contributed by atoms with Crippen LogP contribution in [-0.4, -0.2) is 11.8 Å². The van der Waals surface area contributed by atoms with Gasteiger partial charge in [0.2, 0.25) is 0 Å². The Balaban J connectivity index is 2.06. The molecule has 170 valence electrons. The van der Waals surface area contributed by atoms with Crippen LogP contribution in [0.1, 0.15) is 11.1 Å². The fourth-order valence-corrected chi connectivity index (χ4v) is 3.10. The summed E-state index contributed by atoms with van der Waals surface area (Å²) in [6.07, 6.45) is 0. The van der Waals surface area contributed by atoms with Crippen molar-refractivity contribution < 1.29 is 39.9 Å². The van der Waals surface area contributed by atoms with Gasteiger partial charge in [-0.05, 0) is 36.4 Å². The van der Waals surface area contributed by atoms with E-state index in [-0.39, 0.29) is 10.2 Å². The van der Waals surface area contributed by atoms with Crippen molar-refractivity contribution in [2.75, 3.05) is 0 Å². The van der Waals surface area contributed by atoms with Crippen molar-refractivity contribution in [2.45, 2.75) is 23.7 Å². The fraction of sp³-hybridized carbons (Fsp3) is 0.182. The molecule has 0 aliphatic heterocycles. The Morgan fingerprint density at radius 3 is 1.66 bits per heavy atom. The van der Waals surface area contributed by atoms with Crippen molar-refractivity contribution in [3.63, 3.8) is 0 Å². The summed E-state index contributed by atoms with van der Waals surface area (Å²) in [5, 5.41) is 0. The first-order chi connectivity index (χ1) is 14.8. The van der Waals surface area contributed by atoms with E-state index in [0.717, 1.165) is 30.3 Å². The molecular weight excluding hydrogens is 512 g/mol. The van der Waals surface area contributed by atoms with Gasteiger partial charge in [-0.3, -0.25) is 0 Å². The van der Waals surface area contributed by atoms with Crippen molar-refractivity contribution in [1.29, 1.82) is 0 Å². The van der Waals surface area contributed by atoms with E-state index >= 15 is 0 Å². The topological polar surface area (TPSA) is 9.23 Å². The van der Waals surface area contributed by atoms with Crippen molar-refractivity contribution in [3.8, 4) is 11.5 Å². The Labute approximate surface area is 185 Å². The van der Waals surface area contributed by atoms with Crippen LogP contribution in [0.15, 0.2) is 83.3 Å². The first-order valence-corrected chi connectivity index (χ1v) is 9.71. The lowest BCUT2D eigenvalue weighted by Gasteiger charge is -2.37. The predicted molar refractivity (Wildman–Crippen MR) is 105 cm³/mol. The smallest absolute Gasteiger partial charge is 0.383 e. The molecule has 0 spiro atoms. The third-order valence-corrected chi connectivity index (χ3v) is 5.11. The summed E-state index contributed by atoms with van der Waals surface area (Å²) in [6.45, 7) is 0. The SMILES string of the molecule is FC(F)(c1ccc(Br)cc1)C(F)(F)C(F)(F)C(F)(F)c1ccccc1Oc1ccccc1. The third kappa shape index (κ3) is 3.96. The average molecular weight is 525 g/mol. The summed E-state index contributed by atoms with van der Waals surface area (Å²) in [4.78, 5) is 0. The number of ether oxygens (including phenoxy) is 1. The molecule has 3 rings (SSSR count). The van der Waals surface area contributed by atoms with Crippen molar-refractivity contribution >= 4 is 15.9 Å². The lowest BCUT2D eigenvalue weighted by atomic mass is 9.90. The number of benzene rings is 3. The highest BCUT2D eigenvalue weighted by Crippen LogP contribution is 2.60. The van der Waals surface area contributed by atoms with E-state index in [0.29, 0.717) is 18.2 Å². The van der Waals surface area contributed by atoms with Crippen molar-refractivity contribution in [1.82, 2.24) is 0 Å². The number of alkyl halides is 8. The van der Waals surface area contributed by atoms with Gasteiger partial charge in [0.15, 0.2) is 0 Å². The minimum atomic E-state index is -6.49. The molecule has 0 fully saturated rings. The predicted octanol–water partition coefficient (Wildman–Crippen LogP) is 8.40. The van der Waals surface area contributed by atoms with E-state index < -0.39 is 40.6 Å². The van der Waals surface area contributed by atoms with Crippen molar-refractivity contribution in [2.24, 2.45) is 0 Å². The zero-order valence-electron chi connectivity index (χ0n) is 15.8. The van der Waals surface area contributed by atoms with Crippen LogP contribution in [0, 0.1) is 0 Å². The maximum absolute atomic E-state index is 14.9. The van der Waals surface area contributed by atoms with Gasteiger partial charge in [0, 0.05) is 10.0 Å². The van der Waals surface area contributed by atoms with Gasteiger partial charge in [-0.1, -0.05) is 58.4 Å². The third-order valence-electron chi connectivity index (χ3n) is 4.59. The van der Waals surface area contributed by atoms with Crippen LogP contribution >= 0.6 is 15.9 Å². The summed E-state index contributed by atoms with van der Waals surface area (Å²) in [5.41, 5.74) is -3.21. The molecule has 0 saturated heterocycles. The van der Waals surface area contributed by atoms with Gasteiger partial charge in [-0.25, -0.2) is 0 Å². The maximum Gasteiger partial charge on any atom is 0.383 e. The van der Waals surface area contributed by atoms with E-state index in [1.807, 2.05) is 0 Å². The monoisotopic (exact) mass is 524 g/mol. The van der Waals surface area contributed by atoms with Gasteiger partial charge in [0.05, 0.1) is 5.56 Å². The van der Waals surface area contributed by atoms with E-state index in [4.69, 9.17) is 4.74 Å². The molecule has 0 saturated carbocycles. The molecule has 0 aromatic heterocycles. The van der Waals surface area contributed by atoms with E-state index in [1.165, 1.54) is 24.3 Å². The second-order valence-corrected chi connectivity index (χ2v) is 7.63. The van der Waals surface area contributed by atoms with Crippen LogP contribution in [-0.2, 0) is 11.8 Å². The molecular formula is C22H13BrF8O. The Morgan fingerprint density at radius 2 is 1.06 bits per heavy atom. The normalized spacial score (nSPS) is 13.2. The van der Waals surface area contributed by atoms with Crippen LogP contribution in [0.2, 0.25) is 0 Å². The molecule has 0 unspecified atom stereocenters. The number of hydrogen-bond acceptors (Lipinski definition) is 1. The molecule has 0 aliphatic rings. The van der Waals surface area contributed by atoms with Gasteiger partial charge >= 0.3 is 23.7 Å². The van der Waals surface area contributed by atoms with Gasteiger partial charge < -0.3 is 4.74 Å². The van der Waals surface area contributed by atoms with Crippen LogP contribution in [0.3, 0.4) is 0 Å². The van der Waals surface area contributed by atoms with Crippen LogP contribution in [0.4, 0.5) is 35.1 Å². The van der Waals surface area contributed by atoms with E-state index in [2.05, 4.69) is 15.9 Å². The first-order valence-electron chi connectivity index (χ1n) is 8.92. The molecule has 0 amide bonds. The second-order valence-electron chi connectivity index (χ2n) is 6.72.